The molecule has 176 valence electrons. The molecule has 0 radical (unpaired) electrons. The van der Waals surface area contributed by atoms with Crippen molar-refractivity contribution in [3.8, 4) is 11.4 Å². The van der Waals surface area contributed by atoms with Crippen LogP contribution in [0.5, 0.6) is 0 Å². The molecule has 4 rings (SSSR count). The fourth-order valence-electron chi connectivity index (χ4n) is 3.89. The minimum absolute atomic E-state index is 0.115. The van der Waals surface area contributed by atoms with Crippen LogP contribution in [0.4, 0.5) is 5.69 Å². The van der Waals surface area contributed by atoms with Crippen molar-refractivity contribution in [3.05, 3.63) is 77.9 Å². The summed E-state index contributed by atoms with van der Waals surface area (Å²) in [6.07, 6.45) is 1.93. The van der Waals surface area contributed by atoms with Crippen molar-refractivity contribution in [2.45, 2.75) is 31.6 Å². The molecule has 1 aromatic heterocycles. The smallest absolute Gasteiger partial charge is 0.261 e. The van der Waals surface area contributed by atoms with Gasteiger partial charge >= 0.3 is 0 Å². The van der Waals surface area contributed by atoms with Gasteiger partial charge < -0.3 is 9.88 Å². The molecule has 0 bridgehead atoms. The zero-order valence-electron chi connectivity index (χ0n) is 19.5. The summed E-state index contributed by atoms with van der Waals surface area (Å²) in [4.78, 5) is 17.0. The summed E-state index contributed by atoms with van der Waals surface area (Å²) in [6.45, 7) is 4.54. The zero-order chi connectivity index (χ0) is 24.3. The number of aryl methyl sites for hydroxylation is 2. The Bertz CT molecular complexity index is 1420. The van der Waals surface area contributed by atoms with Crippen LogP contribution >= 0.6 is 0 Å². The maximum Gasteiger partial charge on any atom is 0.261 e. The Morgan fingerprint density at radius 1 is 0.971 bits per heavy atom. The van der Waals surface area contributed by atoms with Crippen molar-refractivity contribution in [1.29, 1.82) is 0 Å². The summed E-state index contributed by atoms with van der Waals surface area (Å²) >= 11 is 0. The van der Waals surface area contributed by atoms with E-state index in [1.54, 1.807) is 36.4 Å². The van der Waals surface area contributed by atoms with Gasteiger partial charge in [-0.15, -0.1) is 0 Å². The topological polar surface area (TPSA) is 93.1 Å². The van der Waals surface area contributed by atoms with Gasteiger partial charge in [0.2, 0.25) is 0 Å². The summed E-state index contributed by atoms with van der Waals surface area (Å²) in [5, 5.41) is 2.78. The number of carbonyl (C=O) groups is 1. The molecule has 0 spiro atoms. The van der Waals surface area contributed by atoms with Crippen molar-refractivity contribution in [2.75, 3.05) is 11.3 Å². The number of sulfonamides is 1. The Labute approximate surface area is 199 Å². The van der Waals surface area contributed by atoms with Gasteiger partial charge in [0.25, 0.3) is 15.9 Å². The molecule has 8 heteroatoms. The van der Waals surface area contributed by atoms with Crippen LogP contribution in [0, 0.1) is 0 Å². The van der Waals surface area contributed by atoms with Gasteiger partial charge in [-0.3, -0.25) is 9.52 Å². The Morgan fingerprint density at radius 2 is 1.68 bits per heavy atom. The van der Waals surface area contributed by atoms with Crippen molar-refractivity contribution < 1.29 is 13.2 Å². The highest BCUT2D eigenvalue weighted by molar-refractivity contribution is 7.92. The van der Waals surface area contributed by atoms with Crippen LogP contribution in [0.25, 0.3) is 22.4 Å². The number of hydrogen-bond donors (Lipinski definition) is 2. The van der Waals surface area contributed by atoms with Crippen molar-refractivity contribution in [3.63, 3.8) is 0 Å². The standard InChI is InChI=1S/C26H28N4O3S/c1-4-6-18-7-14-22(15-8-18)34(32,33)29-21-13-16-24-23(17-21)28-25(30(24)3)19-9-11-20(12-10-19)26(31)27-5-2/h7-17,29H,4-6H2,1-3H3,(H,27,31). The molecule has 0 fully saturated rings. The number of hydrogen-bond acceptors (Lipinski definition) is 4. The molecular weight excluding hydrogens is 448 g/mol. The molecule has 0 atom stereocenters. The first-order valence-electron chi connectivity index (χ1n) is 11.3. The lowest BCUT2D eigenvalue weighted by Gasteiger charge is -2.09. The number of rotatable bonds is 8. The van der Waals surface area contributed by atoms with E-state index in [1.165, 1.54) is 0 Å². The molecule has 3 aromatic carbocycles. The highest BCUT2D eigenvalue weighted by Crippen LogP contribution is 2.27. The molecule has 4 aromatic rings. The molecule has 0 saturated carbocycles. The van der Waals surface area contributed by atoms with Gasteiger partial charge in [-0.2, -0.15) is 0 Å². The monoisotopic (exact) mass is 476 g/mol. The number of benzene rings is 3. The molecule has 2 N–H and O–H groups in total. The highest BCUT2D eigenvalue weighted by atomic mass is 32.2. The van der Waals surface area contributed by atoms with E-state index < -0.39 is 10.0 Å². The maximum atomic E-state index is 12.9. The second-order valence-electron chi connectivity index (χ2n) is 8.13. The summed E-state index contributed by atoms with van der Waals surface area (Å²) in [5.41, 5.74) is 4.55. The van der Waals surface area contributed by atoms with Gasteiger partial charge in [0.15, 0.2) is 0 Å². The van der Waals surface area contributed by atoms with E-state index in [9.17, 15) is 13.2 Å². The highest BCUT2D eigenvalue weighted by Gasteiger charge is 2.16. The molecule has 0 unspecified atom stereocenters. The minimum atomic E-state index is -3.71. The molecule has 1 amide bonds. The minimum Gasteiger partial charge on any atom is -0.352 e. The van der Waals surface area contributed by atoms with Crippen LogP contribution in [-0.2, 0) is 23.5 Å². The third-order valence-electron chi connectivity index (χ3n) is 5.65. The van der Waals surface area contributed by atoms with Crippen LogP contribution in [0.2, 0.25) is 0 Å². The van der Waals surface area contributed by atoms with Gasteiger partial charge in [0, 0.05) is 24.7 Å². The van der Waals surface area contributed by atoms with Crippen LogP contribution in [-0.4, -0.2) is 30.4 Å². The first kappa shape index (κ1) is 23.5. The largest absolute Gasteiger partial charge is 0.352 e. The van der Waals surface area contributed by atoms with Crippen molar-refractivity contribution in [1.82, 2.24) is 14.9 Å². The third-order valence-corrected chi connectivity index (χ3v) is 7.05. The van der Waals surface area contributed by atoms with Crippen LogP contribution in [0.15, 0.2) is 71.6 Å². The van der Waals surface area contributed by atoms with Crippen molar-refractivity contribution >= 4 is 32.7 Å². The lowest BCUT2D eigenvalue weighted by atomic mass is 10.1. The zero-order valence-corrected chi connectivity index (χ0v) is 20.3. The number of nitrogens with zero attached hydrogens (tertiary/aromatic N) is 2. The molecule has 7 nitrogen and oxygen atoms in total. The predicted molar refractivity (Wildman–Crippen MR) is 135 cm³/mol. The van der Waals surface area contributed by atoms with Crippen LogP contribution < -0.4 is 10.0 Å². The number of fused-ring (bicyclic) bond motifs is 1. The first-order chi connectivity index (χ1) is 16.3. The molecule has 0 aliphatic rings. The van der Waals surface area contributed by atoms with Crippen LogP contribution in [0.1, 0.15) is 36.2 Å². The lowest BCUT2D eigenvalue weighted by Crippen LogP contribution is -2.22. The van der Waals surface area contributed by atoms with Gasteiger partial charge in [-0.25, -0.2) is 13.4 Å². The van der Waals surface area contributed by atoms with E-state index in [-0.39, 0.29) is 10.8 Å². The number of nitrogens with one attached hydrogen (secondary N) is 2. The Kier molecular flexibility index (Phi) is 6.70. The molecule has 34 heavy (non-hydrogen) atoms. The van der Waals surface area contributed by atoms with Gasteiger partial charge in [0.1, 0.15) is 5.82 Å². The van der Waals surface area contributed by atoms with E-state index in [0.29, 0.717) is 23.3 Å². The summed E-state index contributed by atoms with van der Waals surface area (Å²) in [7, 11) is -1.80. The average Bonchev–Trinajstić information content (AvgIpc) is 3.15. The fraction of sp³-hybridized carbons (Fsp3) is 0.231. The second kappa shape index (κ2) is 9.69. The average molecular weight is 477 g/mol. The quantitative estimate of drug-likeness (QED) is 0.384. The number of amides is 1. The maximum absolute atomic E-state index is 12.9. The molecule has 0 aliphatic carbocycles. The molecule has 0 saturated heterocycles. The fourth-order valence-corrected chi connectivity index (χ4v) is 4.94. The Balaban J connectivity index is 1.59. The molecule has 1 heterocycles. The van der Waals surface area contributed by atoms with E-state index >= 15 is 0 Å². The second-order valence-corrected chi connectivity index (χ2v) is 9.82. The summed E-state index contributed by atoms with van der Waals surface area (Å²) in [5.74, 6) is 0.611. The van der Waals surface area contributed by atoms with Gasteiger partial charge in [-0.05, 0) is 61.4 Å². The van der Waals surface area contributed by atoms with Crippen molar-refractivity contribution in [2.24, 2.45) is 7.05 Å². The van der Waals surface area contributed by atoms with Gasteiger partial charge in [0.05, 0.1) is 21.6 Å². The normalized spacial score (nSPS) is 11.5. The summed E-state index contributed by atoms with van der Waals surface area (Å²) < 4.78 is 30.3. The SMILES string of the molecule is CCCc1ccc(S(=O)(=O)Nc2ccc3c(c2)nc(-c2ccc(C(=O)NCC)cc2)n3C)cc1. The first-order valence-corrected chi connectivity index (χ1v) is 12.8. The lowest BCUT2D eigenvalue weighted by molar-refractivity contribution is 0.0956. The Morgan fingerprint density at radius 3 is 2.32 bits per heavy atom. The molecular formula is C26H28N4O3S. The van der Waals surface area contributed by atoms with E-state index in [0.717, 1.165) is 35.3 Å². The number of anilines is 1. The number of carbonyl (C=O) groups excluding carboxylic acids is 1. The van der Waals surface area contributed by atoms with Crippen LogP contribution in [0.3, 0.4) is 0 Å². The third kappa shape index (κ3) is 4.82. The number of aromatic nitrogens is 2. The van der Waals surface area contributed by atoms with E-state index in [4.69, 9.17) is 4.98 Å². The Hall–Kier alpha value is -3.65. The van der Waals surface area contributed by atoms with E-state index in [1.807, 2.05) is 48.9 Å². The number of imidazole rings is 1. The van der Waals surface area contributed by atoms with E-state index in [2.05, 4.69) is 17.0 Å². The molecule has 0 aliphatic heterocycles. The predicted octanol–water partition coefficient (Wildman–Crippen LogP) is 4.74. The van der Waals surface area contributed by atoms with Gasteiger partial charge in [-0.1, -0.05) is 37.6 Å². The summed E-state index contributed by atoms with van der Waals surface area (Å²) in [6, 6.07) is 19.5.